The molecule has 1 amide bonds. The summed E-state index contributed by atoms with van der Waals surface area (Å²) >= 11 is 0. The molecule has 0 saturated carbocycles. The summed E-state index contributed by atoms with van der Waals surface area (Å²) in [4.78, 5) is 29.6. The van der Waals surface area contributed by atoms with Crippen molar-refractivity contribution in [2.75, 3.05) is 26.2 Å². The Morgan fingerprint density at radius 1 is 1.03 bits per heavy atom. The first-order valence-electron chi connectivity index (χ1n) is 9.92. The van der Waals surface area contributed by atoms with Gasteiger partial charge in [-0.05, 0) is 42.8 Å². The van der Waals surface area contributed by atoms with Crippen LogP contribution >= 0.6 is 0 Å². The van der Waals surface area contributed by atoms with E-state index in [1.807, 2.05) is 13.0 Å². The molecule has 1 aromatic heterocycles. The minimum absolute atomic E-state index is 0.153. The highest BCUT2D eigenvalue weighted by Gasteiger charge is 2.26. The van der Waals surface area contributed by atoms with Crippen LogP contribution in [0, 0.1) is 11.6 Å². The van der Waals surface area contributed by atoms with Crippen LogP contribution in [-0.4, -0.2) is 51.7 Å². The van der Waals surface area contributed by atoms with E-state index >= 15 is 0 Å². The number of nitrogens with zero attached hydrogens (tertiary/aromatic N) is 4. The lowest BCUT2D eigenvalue weighted by Crippen LogP contribution is -2.49. The molecule has 0 spiro atoms. The molecule has 2 aromatic carbocycles. The second kappa shape index (κ2) is 8.31. The summed E-state index contributed by atoms with van der Waals surface area (Å²) in [7, 11) is 0. The molecule has 1 aliphatic heterocycles. The van der Waals surface area contributed by atoms with Crippen molar-refractivity contribution in [3.8, 4) is 0 Å². The second-order valence-corrected chi connectivity index (χ2v) is 7.35. The minimum atomic E-state index is -0.554. The van der Waals surface area contributed by atoms with Gasteiger partial charge in [-0.3, -0.25) is 19.2 Å². The van der Waals surface area contributed by atoms with Gasteiger partial charge in [0.25, 0.3) is 5.91 Å². The lowest BCUT2D eigenvalue weighted by molar-refractivity contribution is 0.0619. The van der Waals surface area contributed by atoms with Crippen LogP contribution in [0.15, 0.2) is 47.3 Å². The zero-order chi connectivity index (χ0) is 21.3. The molecule has 0 unspecified atom stereocenters. The number of carbonyl (C=O) groups excluding carboxylic acids is 1. The number of piperazine rings is 1. The number of aryl methyl sites for hydroxylation is 1. The summed E-state index contributed by atoms with van der Waals surface area (Å²) in [5.41, 5.74) is 0.633. The van der Waals surface area contributed by atoms with Crippen LogP contribution in [0.1, 0.15) is 23.0 Å². The van der Waals surface area contributed by atoms with E-state index in [4.69, 9.17) is 0 Å². The maximum atomic E-state index is 13.7. The van der Waals surface area contributed by atoms with Crippen molar-refractivity contribution in [3.05, 3.63) is 75.6 Å². The van der Waals surface area contributed by atoms with Crippen molar-refractivity contribution >= 4 is 16.8 Å². The average Bonchev–Trinajstić information content (AvgIpc) is 2.74. The van der Waals surface area contributed by atoms with Gasteiger partial charge in [-0.25, -0.2) is 8.78 Å². The molecule has 3 aromatic rings. The second-order valence-electron chi connectivity index (χ2n) is 7.35. The number of fused-ring (bicyclic) bond motifs is 1. The Bertz CT molecular complexity index is 1150. The topological polar surface area (TPSA) is 58.4 Å². The number of amides is 1. The van der Waals surface area contributed by atoms with E-state index in [9.17, 15) is 18.4 Å². The van der Waals surface area contributed by atoms with Crippen molar-refractivity contribution < 1.29 is 13.6 Å². The van der Waals surface area contributed by atoms with Crippen molar-refractivity contribution in [1.82, 2.24) is 19.6 Å². The van der Waals surface area contributed by atoms with Crippen LogP contribution < -0.4 is 5.43 Å². The predicted octanol–water partition coefficient (Wildman–Crippen LogP) is 2.65. The van der Waals surface area contributed by atoms with E-state index in [1.54, 1.807) is 15.6 Å². The van der Waals surface area contributed by atoms with Crippen LogP contribution in [0.4, 0.5) is 8.78 Å². The molecular weight excluding hydrogens is 390 g/mol. The highest BCUT2D eigenvalue weighted by molar-refractivity contribution is 5.95. The van der Waals surface area contributed by atoms with Crippen LogP contribution in [0.2, 0.25) is 0 Å². The maximum Gasteiger partial charge on any atom is 0.278 e. The molecule has 0 atom stereocenters. The molecule has 0 N–H and O–H groups in total. The fourth-order valence-electron chi connectivity index (χ4n) is 3.80. The standard InChI is InChI=1S/C22H22F2N4O2/c1-2-28-19-7-6-17(24)13-18(19)21(29)20(25-28)22(30)27-10-8-26(9-11-27)14-15-4-3-5-16(23)12-15/h3-7,12-13H,2,8-11,14H2,1H3. The van der Waals surface area contributed by atoms with Gasteiger partial charge in [-0.1, -0.05) is 12.1 Å². The summed E-state index contributed by atoms with van der Waals surface area (Å²) in [5.74, 6) is -1.25. The molecule has 2 heterocycles. The van der Waals surface area contributed by atoms with Gasteiger partial charge < -0.3 is 4.90 Å². The van der Waals surface area contributed by atoms with Gasteiger partial charge >= 0.3 is 0 Å². The van der Waals surface area contributed by atoms with E-state index in [0.717, 1.165) is 11.6 Å². The van der Waals surface area contributed by atoms with Crippen molar-refractivity contribution in [3.63, 3.8) is 0 Å². The Kier molecular flexibility index (Phi) is 5.59. The summed E-state index contributed by atoms with van der Waals surface area (Å²) in [6.07, 6.45) is 0. The van der Waals surface area contributed by atoms with Crippen molar-refractivity contribution in [2.24, 2.45) is 0 Å². The Balaban J connectivity index is 1.52. The fraction of sp³-hybridized carbons (Fsp3) is 0.318. The summed E-state index contributed by atoms with van der Waals surface area (Å²) in [6, 6.07) is 10.4. The molecule has 6 nitrogen and oxygen atoms in total. The number of rotatable bonds is 4. The van der Waals surface area contributed by atoms with Gasteiger partial charge in [0.1, 0.15) is 11.6 Å². The Labute approximate surface area is 172 Å². The van der Waals surface area contributed by atoms with Gasteiger partial charge in [-0.15, -0.1) is 0 Å². The highest BCUT2D eigenvalue weighted by Crippen LogP contribution is 2.15. The predicted molar refractivity (Wildman–Crippen MR) is 109 cm³/mol. The largest absolute Gasteiger partial charge is 0.335 e. The summed E-state index contributed by atoms with van der Waals surface area (Å²) in [6.45, 7) is 4.96. The molecule has 1 saturated heterocycles. The molecule has 1 aliphatic rings. The monoisotopic (exact) mass is 412 g/mol. The molecule has 1 fully saturated rings. The number of benzene rings is 2. The first-order valence-corrected chi connectivity index (χ1v) is 9.92. The summed E-state index contributed by atoms with van der Waals surface area (Å²) in [5, 5.41) is 4.41. The molecule has 8 heteroatoms. The number of halogens is 2. The average molecular weight is 412 g/mol. The first kappa shape index (κ1) is 20.2. The van der Waals surface area contributed by atoms with Gasteiger partial charge in [0.05, 0.1) is 10.9 Å². The Morgan fingerprint density at radius 3 is 2.47 bits per heavy atom. The molecule has 4 rings (SSSR count). The third-order valence-electron chi connectivity index (χ3n) is 5.37. The van der Waals surface area contributed by atoms with E-state index < -0.39 is 17.2 Å². The van der Waals surface area contributed by atoms with Gasteiger partial charge in [0.2, 0.25) is 5.43 Å². The number of hydrogen-bond donors (Lipinski definition) is 0. The van der Waals surface area contributed by atoms with Crippen LogP contribution in [-0.2, 0) is 13.1 Å². The lowest BCUT2D eigenvalue weighted by atomic mass is 10.1. The van der Waals surface area contributed by atoms with Crippen LogP contribution in [0.25, 0.3) is 10.9 Å². The van der Waals surface area contributed by atoms with E-state index in [2.05, 4.69) is 10.00 Å². The van der Waals surface area contributed by atoms with Crippen LogP contribution in [0.3, 0.4) is 0 Å². The van der Waals surface area contributed by atoms with E-state index in [0.29, 0.717) is 44.8 Å². The normalized spacial score (nSPS) is 15.0. The van der Waals surface area contributed by atoms with E-state index in [-0.39, 0.29) is 16.9 Å². The lowest BCUT2D eigenvalue weighted by Gasteiger charge is -2.34. The smallest absolute Gasteiger partial charge is 0.278 e. The fourth-order valence-corrected chi connectivity index (χ4v) is 3.80. The summed E-state index contributed by atoms with van der Waals surface area (Å²) < 4.78 is 28.6. The SMILES string of the molecule is CCn1nc(C(=O)N2CCN(Cc3cccc(F)c3)CC2)c(=O)c2cc(F)ccc21. The maximum absolute atomic E-state index is 13.7. The van der Waals surface area contributed by atoms with Gasteiger partial charge in [0.15, 0.2) is 5.69 Å². The molecular formula is C22H22F2N4O2. The van der Waals surface area contributed by atoms with E-state index in [1.165, 1.54) is 24.3 Å². The molecule has 0 bridgehead atoms. The molecule has 30 heavy (non-hydrogen) atoms. The van der Waals surface area contributed by atoms with Crippen LogP contribution in [0.5, 0.6) is 0 Å². The quantitative estimate of drug-likeness (QED) is 0.661. The van der Waals surface area contributed by atoms with Gasteiger partial charge in [-0.2, -0.15) is 5.10 Å². The first-order chi connectivity index (χ1) is 14.5. The molecule has 0 radical (unpaired) electrons. The third-order valence-corrected chi connectivity index (χ3v) is 5.37. The number of carbonyl (C=O) groups is 1. The molecule has 156 valence electrons. The zero-order valence-electron chi connectivity index (χ0n) is 16.6. The Morgan fingerprint density at radius 2 is 1.77 bits per heavy atom. The highest BCUT2D eigenvalue weighted by atomic mass is 19.1. The Hall–Kier alpha value is -3.13. The molecule has 0 aliphatic carbocycles. The number of hydrogen-bond acceptors (Lipinski definition) is 4. The van der Waals surface area contributed by atoms with Crippen molar-refractivity contribution in [1.29, 1.82) is 0 Å². The van der Waals surface area contributed by atoms with Gasteiger partial charge in [0, 0.05) is 39.3 Å². The zero-order valence-corrected chi connectivity index (χ0v) is 16.6. The third kappa shape index (κ3) is 3.95. The number of aromatic nitrogens is 2. The van der Waals surface area contributed by atoms with Crippen molar-refractivity contribution in [2.45, 2.75) is 20.0 Å². The minimum Gasteiger partial charge on any atom is -0.335 e.